The summed E-state index contributed by atoms with van der Waals surface area (Å²) in [6, 6.07) is 0.0154. The van der Waals surface area contributed by atoms with Crippen LogP contribution in [0.4, 0.5) is 4.79 Å². The van der Waals surface area contributed by atoms with Crippen LogP contribution in [0, 0.1) is 0 Å². The molecule has 0 radical (unpaired) electrons. The predicted octanol–water partition coefficient (Wildman–Crippen LogP) is 0.145. The summed E-state index contributed by atoms with van der Waals surface area (Å²) in [7, 11) is 0. The molecule has 2 bridgehead atoms. The molecule has 20 heavy (non-hydrogen) atoms. The van der Waals surface area contributed by atoms with Crippen molar-refractivity contribution in [2.45, 2.75) is 37.6 Å². The van der Waals surface area contributed by atoms with Gasteiger partial charge >= 0.3 is 12.0 Å². The number of rotatable bonds is 3. The molecule has 0 aromatic rings. The van der Waals surface area contributed by atoms with Gasteiger partial charge in [-0.3, -0.25) is 0 Å². The molecule has 0 aromatic carbocycles. The molecule has 0 aromatic heterocycles. The Kier molecular flexibility index (Phi) is 3.33. The van der Waals surface area contributed by atoms with Crippen molar-refractivity contribution in [1.29, 1.82) is 0 Å². The molecule has 3 aliphatic heterocycles. The third-order valence-electron chi connectivity index (χ3n) is 4.18. The standard InChI is InChI=1S/C13H20N2O5/c1-13(19-6-11(16)17)7-15(8-13)12(18)14-4-9-2-3-10(5-14)20-9/h9-10H,2-8H2,1H3,(H,16,17). The summed E-state index contributed by atoms with van der Waals surface area (Å²) in [4.78, 5) is 26.4. The van der Waals surface area contributed by atoms with Crippen LogP contribution in [0.25, 0.3) is 0 Å². The van der Waals surface area contributed by atoms with Crippen LogP contribution in [-0.2, 0) is 14.3 Å². The fraction of sp³-hybridized carbons (Fsp3) is 0.846. The number of likely N-dealkylation sites (tertiary alicyclic amines) is 2. The molecular formula is C13H20N2O5. The molecule has 2 atom stereocenters. The normalized spacial score (nSPS) is 31.1. The molecule has 3 rings (SSSR count). The van der Waals surface area contributed by atoms with Gasteiger partial charge in [0.2, 0.25) is 0 Å². The number of carboxylic acid groups (broad SMARTS) is 1. The number of aliphatic carboxylic acids is 1. The van der Waals surface area contributed by atoms with Crippen molar-refractivity contribution in [2.24, 2.45) is 0 Å². The number of hydrogen-bond acceptors (Lipinski definition) is 4. The Balaban J connectivity index is 1.49. The molecule has 0 aliphatic carbocycles. The van der Waals surface area contributed by atoms with Gasteiger partial charge in [0.15, 0.2) is 0 Å². The zero-order chi connectivity index (χ0) is 14.3. The first-order chi connectivity index (χ1) is 9.45. The molecule has 2 amide bonds. The minimum Gasteiger partial charge on any atom is -0.480 e. The molecular weight excluding hydrogens is 264 g/mol. The van der Waals surface area contributed by atoms with Crippen molar-refractivity contribution in [3.8, 4) is 0 Å². The first-order valence-electron chi connectivity index (χ1n) is 7.00. The van der Waals surface area contributed by atoms with Crippen LogP contribution in [0.3, 0.4) is 0 Å². The van der Waals surface area contributed by atoms with Crippen molar-refractivity contribution in [3.05, 3.63) is 0 Å². The number of ether oxygens (including phenoxy) is 2. The van der Waals surface area contributed by atoms with E-state index in [4.69, 9.17) is 14.6 Å². The Labute approximate surface area is 117 Å². The highest BCUT2D eigenvalue weighted by Gasteiger charge is 2.46. The Hall–Kier alpha value is -1.34. The van der Waals surface area contributed by atoms with Crippen LogP contribution in [0.2, 0.25) is 0 Å². The maximum absolute atomic E-state index is 12.3. The maximum atomic E-state index is 12.3. The largest absolute Gasteiger partial charge is 0.480 e. The van der Waals surface area contributed by atoms with Crippen molar-refractivity contribution in [1.82, 2.24) is 9.80 Å². The van der Waals surface area contributed by atoms with Gasteiger partial charge in [0, 0.05) is 13.1 Å². The molecule has 3 fully saturated rings. The lowest BCUT2D eigenvalue weighted by molar-refractivity contribution is -0.160. The summed E-state index contributed by atoms with van der Waals surface area (Å²) in [6.45, 7) is 3.75. The summed E-state index contributed by atoms with van der Waals surface area (Å²) in [5.74, 6) is -0.985. The fourth-order valence-electron chi connectivity index (χ4n) is 3.19. The zero-order valence-corrected chi connectivity index (χ0v) is 11.6. The summed E-state index contributed by atoms with van der Waals surface area (Å²) >= 11 is 0. The number of carbonyl (C=O) groups is 2. The van der Waals surface area contributed by atoms with E-state index in [1.54, 1.807) is 4.90 Å². The first kappa shape index (κ1) is 13.6. The van der Waals surface area contributed by atoms with Gasteiger partial charge in [0.25, 0.3) is 0 Å². The van der Waals surface area contributed by atoms with Gasteiger partial charge in [0.05, 0.1) is 25.3 Å². The number of nitrogens with zero attached hydrogens (tertiary/aromatic N) is 2. The van der Waals surface area contributed by atoms with E-state index in [9.17, 15) is 9.59 Å². The van der Waals surface area contributed by atoms with Gasteiger partial charge < -0.3 is 24.4 Å². The Morgan fingerprint density at radius 2 is 1.85 bits per heavy atom. The molecule has 0 saturated carbocycles. The van der Waals surface area contributed by atoms with Crippen molar-refractivity contribution >= 4 is 12.0 Å². The van der Waals surface area contributed by atoms with E-state index in [1.165, 1.54) is 0 Å². The topological polar surface area (TPSA) is 79.3 Å². The second-order valence-electron chi connectivity index (χ2n) is 6.13. The lowest BCUT2D eigenvalue weighted by Crippen LogP contribution is -2.66. The van der Waals surface area contributed by atoms with Crippen LogP contribution in [0.5, 0.6) is 0 Å². The number of urea groups is 1. The van der Waals surface area contributed by atoms with Crippen molar-refractivity contribution in [2.75, 3.05) is 32.8 Å². The molecule has 7 nitrogen and oxygen atoms in total. The van der Waals surface area contributed by atoms with Gasteiger partial charge in [-0.2, -0.15) is 0 Å². The summed E-state index contributed by atoms with van der Waals surface area (Å²) in [5, 5.41) is 8.61. The van der Waals surface area contributed by atoms with Crippen LogP contribution in [0.1, 0.15) is 19.8 Å². The van der Waals surface area contributed by atoms with E-state index < -0.39 is 11.6 Å². The average molecular weight is 284 g/mol. The predicted molar refractivity (Wildman–Crippen MR) is 68.4 cm³/mol. The lowest BCUT2D eigenvalue weighted by Gasteiger charge is -2.49. The smallest absolute Gasteiger partial charge is 0.329 e. The molecule has 1 N–H and O–H groups in total. The highest BCUT2D eigenvalue weighted by atomic mass is 16.5. The van der Waals surface area contributed by atoms with Crippen LogP contribution in [-0.4, -0.2) is 77.5 Å². The van der Waals surface area contributed by atoms with Crippen LogP contribution < -0.4 is 0 Å². The number of carbonyl (C=O) groups excluding carboxylic acids is 1. The van der Waals surface area contributed by atoms with Gasteiger partial charge in [0.1, 0.15) is 12.2 Å². The van der Waals surface area contributed by atoms with Crippen LogP contribution >= 0.6 is 0 Å². The number of hydrogen-bond donors (Lipinski definition) is 1. The summed E-state index contributed by atoms with van der Waals surface area (Å²) < 4.78 is 11.0. The monoisotopic (exact) mass is 284 g/mol. The van der Waals surface area contributed by atoms with E-state index in [0.717, 1.165) is 12.8 Å². The van der Waals surface area contributed by atoms with E-state index in [0.29, 0.717) is 26.2 Å². The van der Waals surface area contributed by atoms with Crippen molar-refractivity contribution < 1.29 is 24.2 Å². The highest BCUT2D eigenvalue weighted by Crippen LogP contribution is 2.30. The average Bonchev–Trinajstić information content (AvgIpc) is 2.71. The first-order valence-corrected chi connectivity index (χ1v) is 7.00. The van der Waals surface area contributed by atoms with Gasteiger partial charge in [-0.15, -0.1) is 0 Å². The molecule has 3 saturated heterocycles. The second kappa shape index (κ2) is 4.89. The van der Waals surface area contributed by atoms with Crippen LogP contribution in [0.15, 0.2) is 0 Å². The van der Waals surface area contributed by atoms with E-state index in [1.807, 2.05) is 11.8 Å². The second-order valence-corrected chi connectivity index (χ2v) is 6.13. The van der Waals surface area contributed by atoms with Crippen molar-refractivity contribution in [3.63, 3.8) is 0 Å². The highest BCUT2D eigenvalue weighted by molar-refractivity contribution is 5.76. The van der Waals surface area contributed by atoms with E-state index in [-0.39, 0.29) is 24.8 Å². The van der Waals surface area contributed by atoms with Gasteiger partial charge in [-0.05, 0) is 19.8 Å². The van der Waals surface area contributed by atoms with Gasteiger partial charge in [-0.1, -0.05) is 0 Å². The zero-order valence-electron chi connectivity index (χ0n) is 11.6. The quantitative estimate of drug-likeness (QED) is 0.798. The van der Waals surface area contributed by atoms with Gasteiger partial charge in [-0.25, -0.2) is 9.59 Å². The minimum atomic E-state index is -0.985. The number of amides is 2. The minimum absolute atomic E-state index is 0.0154. The molecule has 3 aliphatic rings. The molecule has 3 heterocycles. The Bertz CT molecular complexity index is 409. The number of morpholine rings is 1. The fourth-order valence-corrected chi connectivity index (χ4v) is 3.19. The summed E-state index contributed by atoms with van der Waals surface area (Å²) in [6.07, 6.45) is 2.45. The SMILES string of the molecule is CC1(OCC(=O)O)CN(C(=O)N2CC3CCC(C2)O3)C1. The van der Waals surface area contributed by atoms with E-state index in [2.05, 4.69) is 0 Å². The third kappa shape index (κ3) is 2.60. The lowest BCUT2D eigenvalue weighted by atomic mass is 9.97. The Morgan fingerprint density at radius 1 is 1.25 bits per heavy atom. The number of fused-ring (bicyclic) bond motifs is 2. The van der Waals surface area contributed by atoms with E-state index >= 15 is 0 Å². The third-order valence-corrected chi connectivity index (χ3v) is 4.18. The molecule has 2 unspecified atom stereocenters. The molecule has 7 heteroatoms. The Morgan fingerprint density at radius 3 is 2.40 bits per heavy atom. The maximum Gasteiger partial charge on any atom is 0.329 e. The molecule has 0 spiro atoms. The molecule has 112 valence electrons. The number of carboxylic acids is 1. The summed E-state index contributed by atoms with van der Waals surface area (Å²) in [5.41, 5.74) is -0.528.